The van der Waals surface area contributed by atoms with Gasteiger partial charge < -0.3 is 29.7 Å². The van der Waals surface area contributed by atoms with Crippen LogP contribution in [0.2, 0.25) is 0 Å². The number of amides is 3. The maximum atomic E-state index is 13.0. The Labute approximate surface area is 206 Å². The molecule has 2 N–H and O–H groups in total. The molecule has 35 heavy (non-hydrogen) atoms. The highest BCUT2D eigenvalue weighted by Gasteiger charge is 2.29. The first-order valence-corrected chi connectivity index (χ1v) is 11.9. The van der Waals surface area contributed by atoms with Crippen LogP contribution in [-0.2, 0) is 22.7 Å². The summed E-state index contributed by atoms with van der Waals surface area (Å²) in [6, 6.07) is 6.51. The Hall–Kier alpha value is -3.18. The van der Waals surface area contributed by atoms with E-state index >= 15 is 0 Å². The van der Waals surface area contributed by atoms with E-state index in [2.05, 4.69) is 15.6 Å². The number of aromatic nitrogens is 3. The number of methoxy groups -OCH3 is 1. The van der Waals surface area contributed by atoms with Gasteiger partial charge in [0.15, 0.2) is 0 Å². The molecule has 11 heteroatoms. The Balaban J connectivity index is 1.74. The molecule has 3 amide bonds. The number of rotatable bonds is 6. The normalized spacial score (nSPS) is 20.3. The zero-order valence-corrected chi connectivity index (χ0v) is 20.9. The minimum atomic E-state index is -0.370. The fraction of sp³-hybridized carbons (Fsp3) is 0.583. The molecule has 0 unspecified atom stereocenters. The van der Waals surface area contributed by atoms with E-state index in [4.69, 9.17) is 9.47 Å². The molecule has 1 aromatic carbocycles. The van der Waals surface area contributed by atoms with Crippen LogP contribution in [0.25, 0.3) is 0 Å². The molecular weight excluding hydrogens is 452 g/mol. The number of ether oxygens (including phenoxy) is 2. The molecule has 0 radical (unpaired) electrons. The molecule has 0 aliphatic carbocycles. The molecule has 3 atom stereocenters. The van der Waals surface area contributed by atoms with Crippen molar-refractivity contribution in [2.45, 2.75) is 52.0 Å². The van der Waals surface area contributed by atoms with Crippen molar-refractivity contribution in [3.63, 3.8) is 0 Å². The minimum absolute atomic E-state index is 0.0232. The van der Waals surface area contributed by atoms with Crippen molar-refractivity contribution in [2.75, 3.05) is 39.2 Å². The van der Waals surface area contributed by atoms with Crippen LogP contribution >= 0.6 is 0 Å². The molecule has 1 aliphatic rings. The number of urea groups is 1. The molecule has 0 bridgehead atoms. The number of aliphatic hydroxyl groups excluding tert-OH is 1. The second kappa shape index (κ2) is 12.5. The van der Waals surface area contributed by atoms with Crippen LogP contribution in [0.1, 0.15) is 32.4 Å². The summed E-state index contributed by atoms with van der Waals surface area (Å²) in [5, 5.41) is 20.7. The molecule has 0 saturated heterocycles. The van der Waals surface area contributed by atoms with Gasteiger partial charge in [-0.25, -0.2) is 9.48 Å². The van der Waals surface area contributed by atoms with Crippen molar-refractivity contribution in [3.05, 3.63) is 36.2 Å². The number of aryl methyl sites for hydroxylation is 1. The van der Waals surface area contributed by atoms with Gasteiger partial charge in [0.2, 0.25) is 5.91 Å². The van der Waals surface area contributed by atoms with Crippen LogP contribution in [0.3, 0.4) is 0 Å². The first kappa shape index (κ1) is 26.4. The summed E-state index contributed by atoms with van der Waals surface area (Å²) < 4.78 is 13.2. The van der Waals surface area contributed by atoms with Crippen LogP contribution in [0.4, 0.5) is 10.5 Å². The van der Waals surface area contributed by atoms with E-state index in [0.29, 0.717) is 50.5 Å². The molecule has 0 spiro atoms. The summed E-state index contributed by atoms with van der Waals surface area (Å²) in [7, 11) is 3.29. The van der Waals surface area contributed by atoms with Gasteiger partial charge in [0.05, 0.1) is 44.4 Å². The van der Waals surface area contributed by atoms with E-state index in [1.54, 1.807) is 59.1 Å². The van der Waals surface area contributed by atoms with Gasteiger partial charge in [-0.15, -0.1) is 5.10 Å². The predicted molar refractivity (Wildman–Crippen MR) is 130 cm³/mol. The predicted octanol–water partition coefficient (Wildman–Crippen LogP) is 1.98. The minimum Gasteiger partial charge on any atom is -0.497 e. The van der Waals surface area contributed by atoms with E-state index in [-0.39, 0.29) is 36.6 Å². The lowest BCUT2D eigenvalue weighted by molar-refractivity contribution is -0.136. The third kappa shape index (κ3) is 7.15. The number of carbonyl (C=O) groups excluding carboxylic acids is 2. The Kier molecular flexibility index (Phi) is 9.44. The first-order chi connectivity index (χ1) is 16.8. The summed E-state index contributed by atoms with van der Waals surface area (Å²) in [6.45, 7) is 5.26. The average Bonchev–Trinajstić information content (AvgIpc) is 3.31. The quantitative estimate of drug-likeness (QED) is 0.637. The van der Waals surface area contributed by atoms with Gasteiger partial charge in [-0.2, -0.15) is 0 Å². The SMILES string of the molecule is COc1ccc(NC(=O)N(C)C[C@H]2OCc3cnnn3CCCC(=O)N([C@H](C)CO)C[C@@H]2C)cc1. The summed E-state index contributed by atoms with van der Waals surface area (Å²) in [6.07, 6.45) is 2.27. The number of anilines is 1. The maximum absolute atomic E-state index is 13.0. The summed E-state index contributed by atoms with van der Waals surface area (Å²) in [5.74, 6) is 0.578. The van der Waals surface area contributed by atoms with Gasteiger partial charge >= 0.3 is 6.03 Å². The van der Waals surface area contributed by atoms with E-state index in [1.807, 2.05) is 13.8 Å². The van der Waals surface area contributed by atoms with Gasteiger partial charge in [0, 0.05) is 44.7 Å². The number of nitrogens with zero attached hydrogens (tertiary/aromatic N) is 5. The first-order valence-electron chi connectivity index (χ1n) is 11.9. The summed E-state index contributed by atoms with van der Waals surface area (Å²) >= 11 is 0. The number of aliphatic hydroxyl groups is 1. The third-order valence-electron chi connectivity index (χ3n) is 6.28. The molecule has 3 rings (SSSR count). The van der Waals surface area contributed by atoms with Crippen LogP contribution in [-0.4, -0.2) is 87.8 Å². The highest BCUT2D eigenvalue weighted by atomic mass is 16.5. The highest BCUT2D eigenvalue weighted by Crippen LogP contribution is 2.19. The van der Waals surface area contributed by atoms with E-state index < -0.39 is 0 Å². The monoisotopic (exact) mass is 488 g/mol. The second-order valence-corrected chi connectivity index (χ2v) is 9.00. The molecule has 2 aromatic rings. The number of nitrogens with one attached hydrogen (secondary N) is 1. The third-order valence-corrected chi connectivity index (χ3v) is 6.28. The summed E-state index contributed by atoms with van der Waals surface area (Å²) in [5.41, 5.74) is 1.47. The number of benzene rings is 1. The average molecular weight is 489 g/mol. The number of fused-ring (bicyclic) bond motifs is 1. The van der Waals surface area contributed by atoms with Crippen molar-refractivity contribution in [2.24, 2.45) is 5.92 Å². The van der Waals surface area contributed by atoms with Crippen molar-refractivity contribution in [1.29, 1.82) is 0 Å². The maximum Gasteiger partial charge on any atom is 0.321 e. The van der Waals surface area contributed by atoms with Crippen molar-refractivity contribution in [3.8, 4) is 5.75 Å². The standard InChI is InChI=1S/C24H36N6O5/c1-17-13-29(18(2)15-31)23(32)6-5-11-30-20(12-25-27-30)16-35-22(17)14-28(3)24(33)26-19-7-9-21(34-4)10-8-19/h7-10,12,17-18,22,31H,5-6,11,13-16H2,1-4H3,(H,26,33)/t17-,18+,22+/m0/s1. The molecule has 0 saturated carbocycles. The zero-order valence-electron chi connectivity index (χ0n) is 20.9. The van der Waals surface area contributed by atoms with Gasteiger partial charge in [-0.05, 0) is 37.6 Å². The fourth-order valence-electron chi connectivity index (χ4n) is 3.99. The zero-order chi connectivity index (χ0) is 25.4. The Morgan fingerprint density at radius 3 is 2.80 bits per heavy atom. The van der Waals surface area contributed by atoms with Crippen LogP contribution in [0.5, 0.6) is 5.75 Å². The molecule has 1 aliphatic heterocycles. The highest BCUT2D eigenvalue weighted by molar-refractivity contribution is 5.89. The molecule has 192 valence electrons. The lowest BCUT2D eigenvalue weighted by atomic mass is 10.0. The number of hydrogen-bond acceptors (Lipinski definition) is 7. The van der Waals surface area contributed by atoms with Crippen LogP contribution in [0.15, 0.2) is 30.5 Å². The Bertz CT molecular complexity index is 966. The molecule has 0 fully saturated rings. The second-order valence-electron chi connectivity index (χ2n) is 9.00. The Morgan fingerprint density at radius 1 is 1.37 bits per heavy atom. The van der Waals surface area contributed by atoms with E-state index in [9.17, 15) is 14.7 Å². The fourth-order valence-corrected chi connectivity index (χ4v) is 3.99. The number of hydrogen-bond donors (Lipinski definition) is 2. The smallest absolute Gasteiger partial charge is 0.321 e. The molecular formula is C24H36N6O5. The van der Waals surface area contributed by atoms with Gasteiger partial charge in [0.1, 0.15) is 5.75 Å². The largest absolute Gasteiger partial charge is 0.497 e. The van der Waals surface area contributed by atoms with Crippen molar-refractivity contribution < 1.29 is 24.2 Å². The molecule has 1 aromatic heterocycles. The Morgan fingerprint density at radius 2 is 2.11 bits per heavy atom. The molecule has 2 heterocycles. The van der Waals surface area contributed by atoms with E-state index in [0.717, 1.165) is 5.69 Å². The molecule has 11 nitrogen and oxygen atoms in total. The van der Waals surface area contributed by atoms with Crippen molar-refractivity contribution >= 4 is 17.6 Å². The topological polar surface area (TPSA) is 122 Å². The van der Waals surface area contributed by atoms with Gasteiger partial charge in [0.25, 0.3) is 0 Å². The van der Waals surface area contributed by atoms with Gasteiger partial charge in [-0.1, -0.05) is 12.1 Å². The van der Waals surface area contributed by atoms with Crippen molar-refractivity contribution in [1.82, 2.24) is 24.8 Å². The van der Waals surface area contributed by atoms with Crippen LogP contribution < -0.4 is 10.1 Å². The lowest BCUT2D eigenvalue weighted by Gasteiger charge is -2.35. The van der Waals surface area contributed by atoms with E-state index in [1.165, 1.54) is 0 Å². The number of likely N-dealkylation sites (N-methyl/N-ethyl adjacent to an activating group) is 1. The number of carbonyl (C=O) groups is 2. The van der Waals surface area contributed by atoms with Crippen LogP contribution in [0, 0.1) is 5.92 Å². The van der Waals surface area contributed by atoms with Gasteiger partial charge in [-0.3, -0.25) is 4.79 Å². The lowest BCUT2D eigenvalue weighted by Crippen LogP contribution is -2.48. The summed E-state index contributed by atoms with van der Waals surface area (Å²) in [4.78, 5) is 29.1.